The molecule has 1 aliphatic rings. The third kappa shape index (κ3) is 3.69. The van der Waals surface area contributed by atoms with Crippen molar-refractivity contribution < 1.29 is 9.53 Å². The zero-order chi connectivity index (χ0) is 13.8. The Balaban J connectivity index is 2.38. The van der Waals surface area contributed by atoms with Crippen molar-refractivity contribution in [3.05, 3.63) is 0 Å². The number of nitrogens with zero attached hydrogens (tertiary/aromatic N) is 1. The average molecular weight is 256 g/mol. The van der Waals surface area contributed by atoms with Crippen LogP contribution < -0.4 is 5.32 Å². The maximum Gasteiger partial charge on any atom is 0.325 e. The molecule has 0 saturated carbocycles. The van der Waals surface area contributed by atoms with Gasteiger partial charge >= 0.3 is 5.97 Å². The Kier molecular flexibility index (Phi) is 5.60. The van der Waals surface area contributed by atoms with E-state index in [0.717, 1.165) is 25.3 Å². The van der Waals surface area contributed by atoms with Crippen LogP contribution in [-0.4, -0.2) is 49.7 Å². The van der Waals surface area contributed by atoms with Gasteiger partial charge in [0, 0.05) is 12.6 Å². The van der Waals surface area contributed by atoms with Crippen LogP contribution in [0.15, 0.2) is 0 Å². The van der Waals surface area contributed by atoms with Gasteiger partial charge in [-0.3, -0.25) is 4.79 Å². The van der Waals surface area contributed by atoms with Gasteiger partial charge in [-0.15, -0.1) is 0 Å². The van der Waals surface area contributed by atoms with Gasteiger partial charge in [0.1, 0.15) is 5.54 Å². The maximum absolute atomic E-state index is 11.7. The lowest BCUT2D eigenvalue weighted by molar-refractivity contribution is -0.148. The van der Waals surface area contributed by atoms with Crippen LogP contribution in [0.2, 0.25) is 0 Å². The number of likely N-dealkylation sites (N-methyl/N-ethyl adjacent to an activating group) is 1. The van der Waals surface area contributed by atoms with Gasteiger partial charge in [-0.2, -0.15) is 0 Å². The molecule has 0 bridgehead atoms. The van der Waals surface area contributed by atoms with E-state index in [0.29, 0.717) is 6.04 Å². The summed E-state index contributed by atoms with van der Waals surface area (Å²) in [4.78, 5) is 14.2. The van der Waals surface area contributed by atoms with Gasteiger partial charge in [0.15, 0.2) is 0 Å². The normalized spacial score (nSPS) is 28.1. The first-order chi connectivity index (χ1) is 8.42. The molecule has 1 saturated heterocycles. The molecule has 3 atom stereocenters. The molecule has 1 N–H and O–H groups in total. The number of likely N-dealkylation sites (tertiary alicyclic amines) is 1. The van der Waals surface area contributed by atoms with Crippen LogP contribution in [0.25, 0.3) is 0 Å². The molecule has 0 aromatic carbocycles. The number of hydrogen-bond acceptors (Lipinski definition) is 4. The van der Waals surface area contributed by atoms with Crippen molar-refractivity contribution in [1.29, 1.82) is 0 Å². The molecule has 0 amide bonds. The molecule has 0 aliphatic carbocycles. The standard InChI is InChI=1S/C14H28N2O2/c1-11-9-12(2)16(10-11)8-6-7-14(3,15-4)13(17)18-5/h11-12,15H,6-10H2,1-5H3. The molecule has 0 aromatic heterocycles. The molecule has 0 spiro atoms. The second-order valence-electron chi connectivity index (χ2n) is 5.86. The van der Waals surface area contributed by atoms with Crippen molar-refractivity contribution in [2.45, 2.75) is 51.6 Å². The Morgan fingerprint density at radius 2 is 2.17 bits per heavy atom. The summed E-state index contributed by atoms with van der Waals surface area (Å²) in [6.07, 6.45) is 3.12. The van der Waals surface area contributed by atoms with Crippen molar-refractivity contribution >= 4 is 5.97 Å². The Morgan fingerprint density at radius 1 is 1.50 bits per heavy atom. The lowest BCUT2D eigenvalue weighted by Gasteiger charge is -2.28. The maximum atomic E-state index is 11.7. The van der Waals surface area contributed by atoms with E-state index in [2.05, 4.69) is 24.1 Å². The molecular weight excluding hydrogens is 228 g/mol. The first kappa shape index (κ1) is 15.4. The van der Waals surface area contributed by atoms with E-state index in [1.807, 2.05) is 14.0 Å². The van der Waals surface area contributed by atoms with Gasteiger partial charge < -0.3 is 15.0 Å². The first-order valence-electron chi connectivity index (χ1n) is 6.94. The number of nitrogens with one attached hydrogen (secondary N) is 1. The number of hydrogen-bond donors (Lipinski definition) is 1. The number of rotatable bonds is 6. The predicted octanol–water partition coefficient (Wildman–Crippen LogP) is 1.65. The van der Waals surface area contributed by atoms with Crippen molar-refractivity contribution in [1.82, 2.24) is 10.2 Å². The molecule has 1 rings (SSSR count). The van der Waals surface area contributed by atoms with Crippen LogP contribution in [0.5, 0.6) is 0 Å². The summed E-state index contributed by atoms with van der Waals surface area (Å²) < 4.78 is 4.85. The van der Waals surface area contributed by atoms with Gasteiger partial charge in [0.05, 0.1) is 7.11 Å². The second-order valence-corrected chi connectivity index (χ2v) is 5.86. The molecule has 4 heteroatoms. The van der Waals surface area contributed by atoms with E-state index in [-0.39, 0.29) is 5.97 Å². The lowest BCUT2D eigenvalue weighted by atomic mass is 9.96. The summed E-state index contributed by atoms with van der Waals surface area (Å²) in [5.74, 6) is 0.629. The molecule has 1 aliphatic heterocycles. The Morgan fingerprint density at radius 3 is 2.61 bits per heavy atom. The minimum absolute atomic E-state index is 0.173. The average Bonchev–Trinajstić information content (AvgIpc) is 2.66. The molecule has 1 fully saturated rings. The number of methoxy groups -OCH3 is 1. The minimum atomic E-state index is -0.552. The van der Waals surface area contributed by atoms with E-state index in [4.69, 9.17) is 4.74 Å². The van der Waals surface area contributed by atoms with Crippen molar-refractivity contribution in [3.8, 4) is 0 Å². The second kappa shape index (κ2) is 6.53. The molecule has 4 nitrogen and oxygen atoms in total. The highest BCUT2D eigenvalue weighted by Gasteiger charge is 2.33. The summed E-state index contributed by atoms with van der Waals surface area (Å²) >= 11 is 0. The van der Waals surface area contributed by atoms with Crippen molar-refractivity contribution in [3.63, 3.8) is 0 Å². The molecule has 18 heavy (non-hydrogen) atoms. The predicted molar refractivity (Wildman–Crippen MR) is 73.5 cm³/mol. The van der Waals surface area contributed by atoms with E-state index >= 15 is 0 Å². The highest BCUT2D eigenvalue weighted by atomic mass is 16.5. The van der Waals surface area contributed by atoms with Crippen LogP contribution in [0.4, 0.5) is 0 Å². The number of carbonyl (C=O) groups excluding carboxylic acids is 1. The summed E-state index contributed by atoms with van der Waals surface area (Å²) in [5.41, 5.74) is -0.552. The number of ether oxygens (including phenoxy) is 1. The van der Waals surface area contributed by atoms with Gasteiger partial charge in [-0.05, 0) is 52.6 Å². The third-order valence-electron chi connectivity index (χ3n) is 4.22. The van der Waals surface area contributed by atoms with Crippen LogP contribution in [0, 0.1) is 5.92 Å². The fraction of sp³-hybridized carbons (Fsp3) is 0.929. The van der Waals surface area contributed by atoms with Crippen LogP contribution in [-0.2, 0) is 9.53 Å². The fourth-order valence-corrected chi connectivity index (χ4v) is 2.89. The van der Waals surface area contributed by atoms with Crippen LogP contribution in [0.1, 0.15) is 40.0 Å². The number of carbonyl (C=O) groups is 1. The Bertz CT molecular complexity index is 283. The Labute approximate surface area is 111 Å². The molecule has 106 valence electrons. The quantitative estimate of drug-likeness (QED) is 0.734. The van der Waals surface area contributed by atoms with Crippen molar-refractivity contribution in [2.75, 3.05) is 27.2 Å². The van der Waals surface area contributed by atoms with Gasteiger partial charge in [0.25, 0.3) is 0 Å². The summed E-state index contributed by atoms with van der Waals surface area (Å²) in [6.45, 7) is 8.77. The van der Waals surface area contributed by atoms with Crippen LogP contribution >= 0.6 is 0 Å². The van der Waals surface area contributed by atoms with E-state index in [1.54, 1.807) is 0 Å². The first-order valence-corrected chi connectivity index (χ1v) is 6.94. The third-order valence-corrected chi connectivity index (χ3v) is 4.22. The topological polar surface area (TPSA) is 41.6 Å². The summed E-state index contributed by atoms with van der Waals surface area (Å²) in [5, 5.41) is 3.08. The smallest absolute Gasteiger partial charge is 0.325 e. The highest BCUT2D eigenvalue weighted by Crippen LogP contribution is 2.23. The van der Waals surface area contributed by atoms with E-state index in [1.165, 1.54) is 20.1 Å². The molecular formula is C14H28N2O2. The molecule has 0 radical (unpaired) electrons. The Hall–Kier alpha value is -0.610. The largest absolute Gasteiger partial charge is 0.468 e. The molecule has 0 aromatic rings. The van der Waals surface area contributed by atoms with Gasteiger partial charge in [-0.25, -0.2) is 0 Å². The lowest BCUT2D eigenvalue weighted by Crippen LogP contribution is -2.48. The van der Waals surface area contributed by atoms with Crippen molar-refractivity contribution in [2.24, 2.45) is 5.92 Å². The zero-order valence-electron chi connectivity index (χ0n) is 12.5. The van der Waals surface area contributed by atoms with E-state index in [9.17, 15) is 4.79 Å². The zero-order valence-corrected chi connectivity index (χ0v) is 12.5. The monoisotopic (exact) mass is 256 g/mol. The van der Waals surface area contributed by atoms with E-state index < -0.39 is 5.54 Å². The molecule has 3 unspecified atom stereocenters. The number of esters is 1. The molecule has 1 heterocycles. The van der Waals surface area contributed by atoms with Gasteiger partial charge in [-0.1, -0.05) is 6.92 Å². The van der Waals surface area contributed by atoms with Gasteiger partial charge in [0.2, 0.25) is 0 Å². The SMILES string of the molecule is CNC(C)(CCCN1CC(C)CC1C)C(=O)OC. The summed E-state index contributed by atoms with van der Waals surface area (Å²) in [6, 6.07) is 0.680. The summed E-state index contributed by atoms with van der Waals surface area (Å²) in [7, 11) is 3.26. The van der Waals surface area contributed by atoms with Crippen LogP contribution in [0.3, 0.4) is 0 Å². The highest BCUT2D eigenvalue weighted by molar-refractivity contribution is 5.80. The fourth-order valence-electron chi connectivity index (χ4n) is 2.89. The minimum Gasteiger partial charge on any atom is -0.468 e.